The van der Waals surface area contributed by atoms with Crippen molar-refractivity contribution < 1.29 is 14.3 Å². The summed E-state index contributed by atoms with van der Waals surface area (Å²) in [6.07, 6.45) is 0. The quantitative estimate of drug-likeness (QED) is 0.743. The van der Waals surface area contributed by atoms with Gasteiger partial charge < -0.3 is 19.4 Å². The third-order valence-corrected chi connectivity index (χ3v) is 5.82. The molecule has 0 radical (unpaired) electrons. The zero-order valence-electron chi connectivity index (χ0n) is 16.8. The topological polar surface area (TPSA) is 57.8 Å². The number of piperazine rings is 1. The van der Waals surface area contributed by atoms with Crippen molar-refractivity contribution in [2.75, 3.05) is 33.0 Å². The summed E-state index contributed by atoms with van der Waals surface area (Å²) in [6, 6.07) is 12.3. The van der Waals surface area contributed by atoms with Gasteiger partial charge in [0, 0.05) is 43.6 Å². The molecule has 0 aliphatic carbocycles. The number of fused-ring (bicyclic) bond motifs is 2. The first kappa shape index (κ1) is 18.1. The first-order valence-electron chi connectivity index (χ1n) is 10.1. The van der Waals surface area contributed by atoms with Gasteiger partial charge in [0.15, 0.2) is 11.5 Å². The monoisotopic (exact) mass is 391 g/mol. The van der Waals surface area contributed by atoms with Crippen molar-refractivity contribution >= 4 is 16.8 Å². The Kier molecular flexibility index (Phi) is 4.43. The van der Waals surface area contributed by atoms with Crippen LogP contribution in [0.2, 0.25) is 0 Å². The fourth-order valence-electron chi connectivity index (χ4n) is 4.29. The highest BCUT2D eigenvalue weighted by Crippen LogP contribution is 2.33. The van der Waals surface area contributed by atoms with Crippen LogP contribution in [0.25, 0.3) is 10.9 Å². The molecule has 1 N–H and O–H groups in total. The lowest BCUT2D eigenvalue weighted by Crippen LogP contribution is -2.48. The van der Waals surface area contributed by atoms with Crippen molar-refractivity contribution in [2.24, 2.45) is 0 Å². The molecule has 0 atom stereocenters. The zero-order chi connectivity index (χ0) is 20.0. The van der Waals surface area contributed by atoms with Crippen LogP contribution in [0.1, 0.15) is 27.2 Å². The molecule has 2 aromatic carbocycles. The van der Waals surface area contributed by atoms with Crippen molar-refractivity contribution in [1.82, 2.24) is 14.8 Å². The molecule has 0 saturated carbocycles. The molecule has 0 unspecified atom stereocenters. The van der Waals surface area contributed by atoms with Crippen LogP contribution in [-0.2, 0) is 6.54 Å². The summed E-state index contributed by atoms with van der Waals surface area (Å²) in [6.45, 7) is 8.50. The molecule has 2 aliphatic rings. The summed E-state index contributed by atoms with van der Waals surface area (Å²) >= 11 is 0. The van der Waals surface area contributed by atoms with E-state index in [2.05, 4.69) is 48.0 Å². The van der Waals surface area contributed by atoms with Gasteiger partial charge in [0.1, 0.15) is 5.69 Å². The molecule has 0 spiro atoms. The molecule has 2 aliphatic heterocycles. The fraction of sp³-hybridized carbons (Fsp3) is 0.348. The van der Waals surface area contributed by atoms with E-state index < -0.39 is 0 Å². The van der Waals surface area contributed by atoms with E-state index in [0.29, 0.717) is 12.5 Å². The number of aromatic nitrogens is 1. The van der Waals surface area contributed by atoms with Crippen LogP contribution in [-0.4, -0.2) is 53.7 Å². The van der Waals surface area contributed by atoms with Crippen molar-refractivity contribution in [3.8, 4) is 11.5 Å². The Morgan fingerprint density at radius 2 is 1.79 bits per heavy atom. The highest BCUT2D eigenvalue weighted by molar-refractivity contribution is 5.99. The van der Waals surface area contributed by atoms with Gasteiger partial charge in [-0.2, -0.15) is 0 Å². The lowest BCUT2D eigenvalue weighted by Gasteiger charge is -2.34. The molecule has 0 bridgehead atoms. The van der Waals surface area contributed by atoms with Crippen LogP contribution >= 0.6 is 0 Å². The third-order valence-electron chi connectivity index (χ3n) is 5.82. The standard InChI is InChI=1S/C23H25N3O3/c1-15-9-16(2)18-12-20(24-19(18)10-15)23(27)26-7-5-25(6-8-26)13-17-3-4-21-22(11-17)29-14-28-21/h3-4,9-12,24H,5-8,13-14H2,1-2H3. The second kappa shape index (κ2) is 7.12. The number of hydrogen-bond donors (Lipinski definition) is 1. The van der Waals surface area contributed by atoms with E-state index in [1.54, 1.807) is 0 Å². The summed E-state index contributed by atoms with van der Waals surface area (Å²) in [5.41, 5.74) is 5.32. The zero-order valence-corrected chi connectivity index (χ0v) is 16.8. The van der Waals surface area contributed by atoms with Gasteiger partial charge in [-0.25, -0.2) is 0 Å². The molecular formula is C23H25N3O3. The second-order valence-corrected chi connectivity index (χ2v) is 7.98. The lowest BCUT2D eigenvalue weighted by atomic mass is 10.1. The van der Waals surface area contributed by atoms with E-state index in [1.807, 2.05) is 17.0 Å². The normalized spacial score (nSPS) is 16.6. The van der Waals surface area contributed by atoms with E-state index in [4.69, 9.17) is 9.47 Å². The minimum Gasteiger partial charge on any atom is -0.454 e. The van der Waals surface area contributed by atoms with Gasteiger partial charge in [0.2, 0.25) is 6.79 Å². The van der Waals surface area contributed by atoms with Gasteiger partial charge in [-0.3, -0.25) is 9.69 Å². The third kappa shape index (κ3) is 3.44. The van der Waals surface area contributed by atoms with E-state index in [9.17, 15) is 4.79 Å². The van der Waals surface area contributed by atoms with E-state index in [0.717, 1.165) is 55.1 Å². The number of nitrogens with zero attached hydrogens (tertiary/aromatic N) is 2. The predicted octanol–water partition coefficient (Wildman–Crippen LogP) is 3.47. The Hall–Kier alpha value is -2.99. The van der Waals surface area contributed by atoms with Gasteiger partial charge in [-0.05, 0) is 54.8 Å². The van der Waals surface area contributed by atoms with Crippen molar-refractivity contribution in [1.29, 1.82) is 0 Å². The van der Waals surface area contributed by atoms with Crippen LogP contribution in [0, 0.1) is 13.8 Å². The molecule has 3 heterocycles. The predicted molar refractivity (Wildman–Crippen MR) is 112 cm³/mol. The molecule has 6 heteroatoms. The van der Waals surface area contributed by atoms with E-state index in [-0.39, 0.29) is 5.91 Å². The van der Waals surface area contributed by atoms with Gasteiger partial charge in [0.25, 0.3) is 5.91 Å². The van der Waals surface area contributed by atoms with Crippen molar-refractivity contribution in [2.45, 2.75) is 20.4 Å². The van der Waals surface area contributed by atoms with Crippen LogP contribution in [0.15, 0.2) is 36.4 Å². The number of benzene rings is 2. The number of hydrogen-bond acceptors (Lipinski definition) is 4. The Morgan fingerprint density at radius 1 is 1.00 bits per heavy atom. The number of nitrogens with one attached hydrogen (secondary N) is 1. The molecule has 6 nitrogen and oxygen atoms in total. The number of ether oxygens (including phenoxy) is 2. The highest BCUT2D eigenvalue weighted by Gasteiger charge is 2.24. The SMILES string of the molecule is Cc1cc(C)c2cc(C(=O)N3CCN(Cc4ccc5c(c4)OCO5)CC3)[nH]c2c1. The molecular weight excluding hydrogens is 366 g/mol. The Bertz CT molecular complexity index is 1080. The fourth-order valence-corrected chi connectivity index (χ4v) is 4.29. The molecule has 1 amide bonds. The molecule has 5 rings (SSSR count). The van der Waals surface area contributed by atoms with E-state index >= 15 is 0 Å². The molecule has 150 valence electrons. The smallest absolute Gasteiger partial charge is 0.270 e. The molecule has 3 aromatic rings. The second-order valence-electron chi connectivity index (χ2n) is 7.98. The van der Waals surface area contributed by atoms with Gasteiger partial charge in [-0.15, -0.1) is 0 Å². The van der Waals surface area contributed by atoms with Crippen LogP contribution < -0.4 is 9.47 Å². The maximum absolute atomic E-state index is 13.0. The first-order chi connectivity index (χ1) is 14.1. The minimum absolute atomic E-state index is 0.0842. The lowest BCUT2D eigenvalue weighted by molar-refractivity contribution is 0.0623. The number of aryl methyl sites for hydroxylation is 2. The van der Waals surface area contributed by atoms with Crippen LogP contribution in [0.4, 0.5) is 0 Å². The van der Waals surface area contributed by atoms with Crippen LogP contribution in [0.3, 0.4) is 0 Å². The number of aromatic amines is 1. The maximum Gasteiger partial charge on any atom is 0.270 e. The summed E-state index contributed by atoms with van der Waals surface area (Å²) in [5, 5.41) is 1.13. The van der Waals surface area contributed by atoms with Crippen LogP contribution in [0.5, 0.6) is 11.5 Å². The summed E-state index contributed by atoms with van der Waals surface area (Å²) in [5.74, 6) is 1.72. The average Bonchev–Trinajstić information content (AvgIpc) is 3.34. The number of carbonyl (C=O) groups excluding carboxylic acids is 1. The minimum atomic E-state index is 0.0842. The van der Waals surface area contributed by atoms with E-state index in [1.165, 1.54) is 16.7 Å². The summed E-state index contributed by atoms with van der Waals surface area (Å²) < 4.78 is 10.8. The number of carbonyl (C=O) groups is 1. The van der Waals surface area contributed by atoms with Crippen molar-refractivity contribution in [3.05, 3.63) is 58.8 Å². The summed E-state index contributed by atoms with van der Waals surface area (Å²) in [4.78, 5) is 20.6. The average molecular weight is 391 g/mol. The number of H-pyrrole nitrogens is 1. The van der Waals surface area contributed by atoms with Gasteiger partial charge in [-0.1, -0.05) is 12.1 Å². The Balaban J connectivity index is 1.23. The maximum atomic E-state index is 13.0. The Morgan fingerprint density at radius 3 is 2.62 bits per heavy atom. The highest BCUT2D eigenvalue weighted by atomic mass is 16.7. The molecule has 1 fully saturated rings. The first-order valence-corrected chi connectivity index (χ1v) is 10.1. The van der Waals surface area contributed by atoms with Crippen molar-refractivity contribution in [3.63, 3.8) is 0 Å². The Labute approximate surface area is 170 Å². The number of amides is 1. The molecule has 1 aromatic heterocycles. The molecule has 1 saturated heterocycles. The number of rotatable bonds is 3. The van der Waals surface area contributed by atoms with Gasteiger partial charge in [0.05, 0.1) is 0 Å². The van der Waals surface area contributed by atoms with Gasteiger partial charge >= 0.3 is 0 Å². The molecule has 29 heavy (non-hydrogen) atoms. The largest absolute Gasteiger partial charge is 0.454 e. The summed E-state index contributed by atoms with van der Waals surface area (Å²) in [7, 11) is 0.